The molecule has 0 aliphatic carbocycles. The van der Waals surface area contributed by atoms with Crippen molar-refractivity contribution in [3.05, 3.63) is 70.9 Å². The molecule has 4 rings (SSSR count). The van der Waals surface area contributed by atoms with Gasteiger partial charge in [-0.2, -0.15) is 10.2 Å². The minimum Gasteiger partial charge on any atom is -0.368 e. The quantitative estimate of drug-likeness (QED) is 0.705. The Kier molecular flexibility index (Phi) is 5.53. The number of nitrogens with zero attached hydrogens (tertiary/aromatic N) is 5. The summed E-state index contributed by atoms with van der Waals surface area (Å²) in [7, 11) is 0. The van der Waals surface area contributed by atoms with Gasteiger partial charge in [0, 0.05) is 49.3 Å². The molecular formula is C24H26N6. The Morgan fingerprint density at radius 2 is 1.60 bits per heavy atom. The van der Waals surface area contributed by atoms with E-state index < -0.39 is 0 Å². The molecule has 2 heterocycles. The summed E-state index contributed by atoms with van der Waals surface area (Å²) in [6, 6.07) is 17.9. The molecule has 1 N–H and O–H groups in total. The predicted molar refractivity (Wildman–Crippen MR) is 122 cm³/mol. The monoisotopic (exact) mass is 398 g/mol. The third-order valence-corrected chi connectivity index (χ3v) is 5.61. The zero-order valence-corrected chi connectivity index (χ0v) is 17.7. The van der Waals surface area contributed by atoms with Crippen LogP contribution in [0.15, 0.2) is 48.5 Å². The summed E-state index contributed by atoms with van der Waals surface area (Å²) in [6.45, 7) is 10.0. The first kappa shape index (κ1) is 19.7. The maximum atomic E-state index is 8.96. The van der Waals surface area contributed by atoms with E-state index >= 15 is 0 Å². The maximum Gasteiger partial charge on any atom is 0.227 e. The average molecular weight is 399 g/mol. The first-order chi connectivity index (χ1) is 14.5. The number of rotatable bonds is 4. The molecule has 30 heavy (non-hydrogen) atoms. The van der Waals surface area contributed by atoms with E-state index in [9.17, 15) is 0 Å². The predicted octanol–water partition coefficient (Wildman–Crippen LogP) is 4.34. The van der Waals surface area contributed by atoms with E-state index in [0.29, 0.717) is 5.56 Å². The topological polar surface area (TPSA) is 68.1 Å². The standard InChI is InChI=1S/C24H26N6/c1-17-5-4-6-22(19(17)3)29-11-13-30(14-12-29)24-26-18(2)15-23(28-24)27-21-9-7-20(16-25)8-10-21/h4-10,15H,11-14H2,1-3H3,(H,26,27,28). The van der Waals surface area contributed by atoms with Crippen molar-refractivity contribution in [3.8, 4) is 6.07 Å². The number of piperazine rings is 1. The van der Waals surface area contributed by atoms with Gasteiger partial charge >= 0.3 is 0 Å². The van der Waals surface area contributed by atoms with Crippen LogP contribution in [0.25, 0.3) is 0 Å². The van der Waals surface area contributed by atoms with Gasteiger partial charge in [-0.3, -0.25) is 0 Å². The van der Waals surface area contributed by atoms with Crippen molar-refractivity contribution in [1.82, 2.24) is 9.97 Å². The summed E-state index contributed by atoms with van der Waals surface area (Å²) in [5.74, 6) is 1.52. The third-order valence-electron chi connectivity index (χ3n) is 5.61. The van der Waals surface area contributed by atoms with Crippen LogP contribution < -0.4 is 15.1 Å². The summed E-state index contributed by atoms with van der Waals surface area (Å²) >= 11 is 0. The van der Waals surface area contributed by atoms with Gasteiger partial charge in [0.15, 0.2) is 0 Å². The van der Waals surface area contributed by atoms with Crippen molar-refractivity contribution < 1.29 is 0 Å². The van der Waals surface area contributed by atoms with Crippen LogP contribution in [-0.2, 0) is 0 Å². The van der Waals surface area contributed by atoms with Gasteiger partial charge in [-0.15, -0.1) is 0 Å². The van der Waals surface area contributed by atoms with Gasteiger partial charge in [0.2, 0.25) is 5.95 Å². The molecule has 0 unspecified atom stereocenters. The van der Waals surface area contributed by atoms with Gasteiger partial charge in [0.25, 0.3) is 0 Å². The van der Waals surface area contributed by atoms with Gasteiger partial charge in [-0.25, -0.2) is 4.98 Å². The lowest BCUT2D eigenvalue weighted by Crippen LogP contribution is -2.47. The van der Waals surface area contributed by atoms with Gasteiger partial charge in [0.05, 0.1) is 11.6 Å². The molecule has 152 valence electrons. The van der Waals surface area contributed by atoms with Gasteiger partial charge in [-0.05, 0) is 62.2 Å². The molecule has 3 aromatic rings. The Balaban J connectivity index is 1.47. The highest BCUT2D eigenvalue weighted by molar-refractivity contribution is 5.60. The molecule has 1 aromatic heterocycles. The second kappa shape index (κ2) is 8.42. The zero-order valence-electron chi connectivity index (χ0n) is 17.7. The summed E-state index contributed by atoms with van der Waals surface area (Å²) < 4.78 is 0. The first-order valence-corrected chi connectivity index (χ1v) is 10.2. The SMILES string of the molecule is Cc1cc(Nc2ccc(C#N)cc2)nc(N2CCN(c3cccc(C)c3C)CC2)n1. The average Bonchev–Trinajstić information content (AvgIpc) is 2.76. The molecule has 1 saturated heterocycles. The van der Waals surface area contributed by atoms with Crippen LogP contribution in [0, 0.1) is 32.1 Å². The van der Waals surface area contributed by atoms with Crippen LogP contribution in [0.1, 0.15) is 22.4 Å². The molecule has 0 radical (unpaired) electrons. The smallest absolute Gasteiger partial charge is 0.227 e. The Bertz CT molecular complexity index is 1080. The van der Waals surface area contributed by atoms with E-state index in [1.54, 1.807) is 12.1 Å². The number of hydrogen-bond donors (Lipinski definition) is 1. The minimum absolute atomic E-state index is 0.641. The fourth-order valence-electron chi connectivity index (χ4n) is 3.76. The van der Waals surface area contributed by atoms with Crippen LogP contribution in [0.4, 0.5) is 23.1 Å². The summed E-state index contributed by atoms with van der Waals surface area (Å²) in [6.07, 6.45) is 0. The van der Waals surface area contributed by atoms with Gasteiger partial charge < -0.3 is 15.1 Å². The molecule has 1 aliphatic rings. The van der Waals surface area contributed by atoms with E-state index in [2.05, 4.69) is 58.2 Å². The number of aryl methyl sites for hydroxylation is 2. The van der Waals surface area contributed by atoms with Crippen molar-refractivity contribution in [2.45, 2.75) is 20.8 Å². The fourth-order valence-corrected chi connectivity index (χ4v) is 3.76. The van der Waals surface area contributed by atoms with Crippen LogP contribution in [0.2, 0.25) is 0 Å². The molecule has 0 spiro atoms. The molecular weight excluding hydrogens is 372 g/mol. The molecule has 0 atom stereocenters. The second-order valence-corrected chi connectivity index (χ2v) is 7.70. The maximum absolute atomic E-state index is 8.96. The van der Waals surface area contributed by atoms with Crippen LogP contribution in [0.3, 0.4) is 0 Å². The highest BCUT2D eigenvalue weighted by Gasteiger charge is 2.21. The Hall–Kier alpha value is -3.59. The lowest BCUT2D eigenvalue weighted by molar-refractivity contribution is 0.638. The van der Waals surface area contributed by atoms with Crippen molar-refractivity contribution in [2.75, 3.05) is 41.3 Å². The number of nitriles is 1. The van der Waals surface area contributed by atoms with Gasteiger partial charge in [0.1, 0.15) is 5.82 Å². The molecule has 6 heteroatoms. The molecule has 0 bridgehead atoms. The lowest BCUT2D eigenvalue weighted by Gasteiger charge is -2.37. The Labute approximate surface area is 177 Å². The highest BCUT2D eigenvalue weighted by atomic mass is 15.3. The first-order valence-electron chi connectivity index (χ1n) is 10.2. The van der Waals surface area contributed by atoms with Crippen molar-refractivity contribution in [3.63, 3.8) is 0 Å². The molecule has 1 aliphatic heterocycles. The van der Waals surface area contributed by atoms with Gasteiger partial charge in [-0.1, -0.05) is 12.1 Å². The largest absolute Gasteiger partial charge is 0.368 e. The summed E-state index contributed by atoms with van der Waals surface area (Å²) in [5.41, 5.74) is 6.47. The van der Waals surface area contributed by atoms with E-state index in [-0.39, 0.29) is 0 Å². The number of benzene rings is 2. The Morgan fingerprint density at radius 3 is 2.30 bits per heavy atom. The molecule has 2 aromatic carbocycles. The van der Waals surface area contributed by atoms with E-state index in [4.69, 9.17) is 10.2 Å². The lowest BCUT2D eigenvalue weighted by atomic mass is 10.1. The van der Waals surface area contributed by atoms with Crippen LogP contribution >= 0.6 is 0 Å². The molecule has 6 nitrogen and oxygen atoms in total. The number of hydrogen-bond acceptors (Lipinski definition) is 6. The number of anilines is 4. The van der Waals surface area contributed by atoms with Crippen molar-refractivity contribution in [1.29, 1.82) is 5.26 Å². The summed E-state index contributed by atoms with van der Waals surface area (Å²) in [5, 5.41) is 12.3. The third kappa shape index (κ3) is 4.20. The number of aromatic nitrogens is 2. The minimum atomic E-state index is 0.641. The van der Waals surface area contributed by atoms with E-state index in [1.165, 1.54) is 16.8 Å². The van der Waals surface area contributed by atoms with Crippen LogP contribution in [0.5, 0.6) is 0 Å². The number of nitrogens with one attached hydrogen (secondary N) is 1. The Morgan fingerprint density at radius 1 is 0.900 bits per heavy atom. The molecule has 0 saturated carbocycles. The van der Waals surface area contributed by atoms with E-state index in [0.717, 1.165) is 49.3 Å². The zero-order chi connectivity index (χ0) is 21.1. The van der Waals surface area contributed by atoms with Crippen LogP contribution in [-0.4, -0.2) is 36.1 Å². The van der Waals surface area contributed by atoms with Crippen molar-refractivity contribution >= 4 is 23.1 Å². The van der Waals surface area contributed by atoms with Crippen molar-refractivity contribution in [2.24, 2.45) is 0 Å². The summed E-state index contributed by atoms with van der Waals surface area (Å²) in [4.78, 5) is 14.1. The van der Waals surface area contributed by atoms with E-state index in [1.807, 2.05) is 25.1 Å². The second-order valence-electron chi connectivity index (χ2n) is 7.70. The normalized spacial score (nSPS) is 13.8. The fraction of sp³-hybridized carbons (Fsp3) is 0.292. The molecule has 0 amide bonds. The molecule has 1 fully saturated rings. The highest BCUT2D eigenvalue weighted by Crippen LogP contribution is 2.25.